The molecule has 1 aromatic heterocycles. The summed E-state index contributed by atoms with van der Waals surface area (Å²) in [5, 5.41) is 7.83. The van der Waals surface area contributed by atoms with Gasteiger partial charge < -0.3 is 20.4 Å². The van der Waals surface area contributed by atoms with Crippen molar-refractivity contribution in [2.45, 2.75) is 57.0 Å². The minimum atomic E-state index is -0.223. The molecule has 5 rings (SSSR count). The van der Waals surface area contributed by atoms with Crippen LogP contribution < -0.4 is 15.5 Å². The Morgan fingerprint density at radius 3 is 2.59 bits per heavy atom. The molecule has 3 aliphatic rings. The number of aromatic nitrogens is 2. The van der Waals surface area contributed by atoms with Crippen LogP contribution in [0.1, 0.15) is 48.9 Å². The van der Waals surface area contributed by atoms with Gasteiger partial charge in [-0.15, -0.1) is 0 Å². The first-order chi connectivity index (χ1) is 16.6. The van der Waals surface area contributed by atoms with Gasteiger partial charge in [-0.25, -0.2) is 9.97 Å². The summed E-state index contributed by atoms with van der Waals surface area (Å²) in [6, 6.07) is 8.02. The van der Waals surface area contributed by atoms with Crippen LogP contribution in [-0.2, 0) is 17.6 Å². The maximum Gasteiger partial charge on any atom is 0.240 e. The number of halogens is 1. The largest absolute Gasteiger partial charge is 0.353 e. The van der Waals surface area contributed by atoms with E-state index in [0.717, 1.165) is 81.4 Å². The molecular weight excluding hydrogens is 448 g/mol. The highest BCUT2D eigenvalue weighted by Gasteiger charge is 2.32. The quantitative estimate of drug-likeness (QED) is 0.659. The normalized spacial score (nSPS) is 22.0. The van der Waals surface area contributed by atoms with Gasteiger partial charge in [0.15, 0.2) is 0 Å². The monoisotopic (exact) mass is 482 g/mol. The standard InChI is InChI=1S/C26H35ClN6O/c1-18-2-7-22-24(18)25(30-17-29-22)32-12-14-33(15-13-32)26(34)23(31-21-8-10-28-11-9-21)16-19-3-5-20(27)6-4-19/h3-6,17-18,21,23,28,31H,2,7-16H2,1H3/t18-,23-/m1/s1. The number of benzene rings is 1. The second-order valence-corrected chi connectivity index (χ2v) is 10.3. The maximum atomic E-state index is 13.7. The molecule has 2 atom stereocenters. The molecule has 2 fully saturated rings. The van der Waals surface area contributed by atoms with Gasteiger partial charge >= 0.3 is 0 Å². The number of fused-ring (bicyclic) bond motifs is 1. The van der Waals surface area contributed by atoms with Gasteiger partial charge in [0.25, 0.3) is 0 Å². The second-order valence-electron chi connectivity index (χ2n) is 9.88. The summed E-state index contributed by atoms with van der Waals surface area (Å²) in [6.45, 7) is 7.33. The first-order valence-corrected chi connectivity index (χ1v) is 13.0. The number of amides is 1. The zero-order valence-corrected chi connectivity index (χ0v) is 20.7. The number of rotatable bonds is 6. The van der Waals surface area contributed by atoms with Crippen molar-refractivity contribution in [1.29, 1.82) is 0 Å². The maximum absolute atomic E-state index is 13.7. The fourth-order valence-electron chi connectivity index (χ4n) is 5.58. The number of aryl methyl sites for hydroxylation is 1. The average molecular weight is 483 g/mol. The number of hydrogen-bond donors (Lipinski definition) is 2. The summed E-state index contributed by atoms with van der Waals surface area (Å²) < 4.78 is 0. The number of piperidine rings is 1. The third-order valence-corrected chi connectivity index (χ3v) is 7.82. The highest BCUT2D eigenvalue weighted by Crippen LogP contribution is 2.37. The van der Waals surface area contributed by atoms with Gasteiger partial charge in [0.05, 0.1) is 6.04 Å². The molecule has 2 aromatic rings. The van der Waals surface area contributed by atoms with Crippen LogP contribution in [0.4, 0.5) is 5.82 Å². The summed E-state index contributed by atoms with van der Waals surface area (Å²) in [6.07, 6.45) is 6.67. The van der Waals surface area contributed by atoms with Crippen LogP contribution in [0.25, 0.3) is 0 Å². The first kappa shape index (κ1) is 23.5. The minimum absolute atomic E-state index is 0.203. The Kier molecular flexibility index (Phi) is 7.32. The van der Waals surface area contributed by atoms with Crippen LogP contribution in [0, 0.1) is 0 Å². The molecule has 3 heterocycles. The molecule has 0 bridgehead atoms. The van der Waals surface area contributed by atoms with Crippen molar-refractivity contribution < 1.29 is 4.79 Å². The van der Waals surface area contributed by atoms with Crippen LogP contribution in [0.5, 0.6) is 0 Å². The number of carbonyl (C=O) groups is 1. The van der Waals surface area contributed by atoms with Crippen molar-refractivity contribution >= 4 is 23.3 Å². The third-order valence-electron chi connectivity index (χ3n) is 7.57. The van der Waals surface area contributed by atoms with E-state index >= 15 is 0 Å². The number of carbonyl (C=O) groups excluding carboxylic acids is 1. The molecule has 0 spiro atoms. The van der Waals surface area contributed by atoms with Gasteiger partial charge in [0.1, 0.15) is 12.1 Å². The lowest BCUT2D eigenvalue weighted by atomic mass is 10.00. The Bertz CT molecular complexity index is 985. The fourth-order valence-corrected chi connectivity index (χ4v) is 5.71. The van der Waals surface area contributed by atoms with E-state index in [1.54, 1.807) is 6.33 Å². The minimum Gasteiger partial charge on any atom is -0.353 e. The third kappa shape index (κ3) is 5.21. The molecule has 182 valence electrons. The molecule has 8 heteroatoms. The van der Waals surface area contributed by atoms with Crippen molar-refractivity contribution in [3.05, 3.63) is 52.4 Å². The molecule has 0 saturated carbocycles. The van der Waals surface area contributed by atoms with Gasteiger partial charge in [-0.1, -0.05) is 30.7 Å². The van der Waals surface area contributed by atoms with Gasteiger partial charge in [-0.3, -0.25) is 4.79 Å². The lowest BCUT2D eigenvalue weighted by Gasteiger charge is -2.39. The van der Waals surface area contributed by atoms with Crippen LogP contribution in [0.2, 0.25) is 5.02 Å². The highest BCUT2D eigenvalue weighted by atomic mass is 35.5. The van der Waals surface area contributed by atoms with E-state index in [4.69, 9.17) is 11.6 Å². The van der Waals surface area contributed by atoms with Gasteiger partial charge in [0.2, 0.25) is 5.91 Å². The van der Waals surface area contributed by atoms with E-state index in [9.17, 15) is 4.79 Å². The molecule has 0 radical (unpaired) electrons. The molecular formula is C26H35ClN6O. The number of hydrogen-bond acceptors (Lipinski definition) is 6. The Hall–Kier alpha value is -2.22. The van der Waals surface area contributed by atoms with Gasteiger partial charge in [0, 0.05) is 48.5 Å². The summed E-state index contributed by atoms with van der Waals surface area (Å²) in [5.74, 6) is 1.78. The van der Waals surface area contributed by atoms with Gasteiger partial charge in [-0.05, 0) is 68.8 Å². The Labute approximate surface area is 207 Å². The Morgan fingerprint density at radius 2 is 1.85 bits per heavy atom. The van der Waals surface area contributed by atoms with Gasteiger partial charge in [-0.2, -0.15) is 0 Å². The molecule has 2 N–H and O–H groups in total. The fraction of sp³-hybridized carbons (Fsp3) is 0.577. The van der Waals surface area contributed by atoms with Crippen LogP contribution in [-0.4, -0.2) is 72.1 Å². The molecule has 1 amide bonds. The van der Waals surface area contributed by atoms with Crippen molar-refractivity contribution in [2.75, 3.05) is 44.2 Å². The molecule has 1 aromatic carbocycles. The number of nitrogens with one attached hydrogen (secondary N) is 2. The molecule has 7 nitrogen and oxygen atoms in total. The van der Waals surface area contributed by atoms with E-state index < -0.39 is 0 Å². The van der Waals surface area contributed by atoms with E-state index in [1.165, 1.54) is 11.3 Å². The zero-order chi connectivity index (χ0) is 23.5. The molecule has 2 saturated heterocycles. The zero-order valence-electron chi connectivity index (χ0n) is 20.0. The second kappa shape index (κ2) is 10.6. The lowest BCUT2D eigenvalue weighted by Crippen LogP contribution is -2.57. The van der Waals surface area contributed by atoms with Crippen molar-refractivity contribution in [2.24, 2.45) is 0 Å². The van der Waals surface area contributed by atoms with Crippen molar-refractivity contribution in [1.82, 2.24) is 25.5 Å². The summed E-state index contributed by atoms with van der Waals surface area (Å²) in [5.41, 5.74) is 3.65. The number of nitrogens with zero attached hydrogens (tertiary/aromatic N) is 4. The average Bonchev–Trinajstić information content (AvgIpc) is 3.26. The van der Waals surface area contributed by atoms with Crippen LogP contribution >= 0.6 is 11.6 Å². The summed E-state index contributed by atoms with van der Waals surface area (Å²) in [7, 11) is 0. The Morgan fingerprint density at radius 1 is 1.12 bits per heavy atom. The highest BCUT2D eigenvalue weighted by molar-refractivity contribution is 6.30. The van der Waals surface area contributed by atoms with E-state index in [0.29, 0.717) is 18.4 Å². The van der Waals surface area contributed by atoms with Crippen LogP contribution in [0.15, 0.2) is 30.6 Å². The van der Waals surface area contributed by atoms with Crippen molar-refractivity contribution in [3.8, 4) is 0 Å². The molecule has 34 heavy (non-hydrogen) atoms. The lowest BCUT2D eigenvalue weighted by molar-refractivity contribution is -0.134. The van der Waals surface area contributed by atoms with Crippen LogP contribution in [0.3, 0.4) is 0 Å². The van der Waals surface area contributed by atoms with Crippen molar-refractivity contribution in [3.63, 3.8) is 0 Å². The summed E-state index contributed by atoms with van der Waals surface area (Å²) in [4.78, 5) is 27.2. The molecule has 0 unspecified atom stereocenters. The number of anilines is 1. The smallest absolute Gasteiger partial charge is 0.240 e. The SMILES string of the molecule is C[C@@H]1CCc2ncnc(N3CCN(C(=O)[C@@H](Cc4ccc(Cl)cc4)NC4CCNCC4)CC3)c21. The predicted molar refractivity (Wildman–Crippen MR) is 136 cm³/mol. The Balaban J connectivity index is 1.26. The summed E-state index contributed by atoms with van der Waals surface area (Å²) >= 11 is 6.09. The molecule has 1 aliphatic carbocycles. The van der Waals surface area contributed by atoms with E-state index in [-0.39, 0.29) is 11.9 Å². The topological polar surface area (TPSA) is 73.4 Å². The molecule has 2 aliphatic heterocycles. The predicted octanol–water partition coefficient (Wildman–Crippen LogP) is 2.78. The van der Waals surface area contributed by atoms with E-state index in [2.05, 4.69) is 32.4 Å². The number of piperazine rings is 1. The first-order valence-electron chi connectivity index (χ1n) is 12.7. The van der Waals surface area contributed by atoms with E-state index in [1.807, 2.05) is 29.2 Å².